The Morgan fingerprint density at radius 3 is 2.79 bits per heavy atom. The summed E-state index contributed by atoms with van der Waals surface area (Å²) in [6.45, 7) is 5.29. The minimum atomic E-state index is 0.00325. The molecule has 0 unspecified atom stereocenters. The summed E-state index contributed by atoms with van der Waals surface area (Å²) in [5.74, 6) is 2.69. The molecule has 1 aliphatic carbocycles. The number of aliphatic hydroxyl groups is 1. The number of aromatic nitrogens is 2. The second-order valence-electron chi connectivity index (χ2n) is 7.17. The maximum absolute atomic E-state index is 9.52. The molecule has 5 heteroatoms. The lowest BCUT2D eigenvalue weighted by Crippen LogP contribution is -2.31. The molecule has 0 radical (unpaired) electrons. The number of anilines is 2. The van der Waals surface area contributed by atoms with E-state index in [2.05, 4.69) is 58.3 Å². The van der Waals surface area contributed by atoms with E-state index in [1.807, 2.05) is 6.07 Å². The topological polar surface area (TPSA) is 61.3 Å². The summed E-state index contributed by atoms with van der Waals surface area (Å²) in [4.78, 5) is 11.2. The largest absolute Gasteiger partial charge is 0.394 e. The fraction of sp³-hybridized carbons (Fsp3) is 0.474. The van der Waals surface area contributed by atoms with Gasteiger partial charge in [-0.3, -0.25) is 0 Å². The third-order valence-corrected chi connectivity index (χ3v) is 5.38. The predicted molar refractivity (Wildman–Crippen MR) is 95.3 cm³/mol. The van der Waals surface area contributed by atoms with E-state index in [0.717, 1.165) is 18.2 Å². The van der Waals surface area contributed by atoms with Gasteiger partial charge in [-0.05, 0) is 23.5 Å². The molecule has 126 valence electrons. The molecule has 2 N–H and O–H groups in total. The van der Waals surface area contributed by atoms with Crippen LogP contribution in [0.2, 0.25) is 0 Å². The van der Waals surface area contributed by atoms with Gasteiger partial charge in [0, 0.05) is 18.5 Å². The van der Waals surface area contributed by atoms with Crippen LogP contribution < -0.4 is 10.2 Å². The van der Waals surface area contributed by atoms with Crippen LogP contribution in [0.4, 0.5) is 11.6 Å². The van der Waals surface area contributed by atoms with E-state index < -0.39 is 0 Å². The first-order valence-corrected chi connectivity index (χ1v) is 8.72. The highest BCUT2D eigenvalue weighted by Gasteiger charge is 2.42. The molecule has 4 rings (SSSR count). The van der Waals surface area contributed by atoms with Crippen molar-refractivity contribution in [2.75, 3.05) is 23.4 Å². The average molecular weight is 324 g/mol. The third-order valence-electron chi connectivity index (χ3n) is 5.38. The Labute approximate surface area is 142 Å². The Bertz CT molecular complexity index is 733. The van der Waals surface area contributed by atoms with Gasteiger partial charge in [0.05, 0.1) is 18.7 Å². The van der Waals surface area contributed by atoms with Crippen LogP contribution in [0.25, 0.3) is 0 Å². The summed E-state index contributed by atoms with van der Waals surface area (Å²) in [5, 5.41) is 12.8. The van der Waals surface area contributed by atoms with Gasteiger partial charge in [-0.15, -0.1) is 0 Å². The zero-order valence-corrected chi connectivity index (χ0v) is 14.2. The van der Waals surface area contributed by atoms with Gasteiger partial charge in [0.25, 0.3) is 0 Å². The van der Waals surface area contributed by atoms with E-state index in [4.69, 9.17) is 0 Å². The zero-order chi connectivity index (χ0) is 16.7. The molecule has 1 aromatic heterocycles. The summed E-state index contributed by atoms with van der Waals surface area (Å²) in [7, 11) is 0. The highest BCUT2D eigenvalue weighted by Crippen LogP contribution is 2.51. The van der Waals surface area contributed by atoms with Crippen LogP contribution in [0.3, 0.4) is 0 Å². The first-order chi connectivity index (χ1) is 11.7. The van der Waals surface area contributed by atoms with Gasteiger partial charge in [-0.25, -0.2) is 9.97 Å². The maximum atomic E-state index is 9.52. The lowest BCUT2D eigenvalue weighted by molar-refractivity contribution is 0.249. The van der Waals surface area contributed by atoms with Crippen molar-refractivity contribution in [3.63, 3.8) is 0 Å². The molecule has 1 aromatic carbocycles. The molecule has 1 fully saturated rings. The van der Waals surface area contributed by atoms with Crippen LogP contribution in [0.15, 0.2) is 36.7 Å². The smallest absolute Gasteiger partial charge is 0.134 e. The molecular formula is C19H24N4O. The SMILES string of the molecule is CC(C)[C@H](CO)Nc1cc(N2C[C@H]3C[C@H]2c2ccccc23)ncn1. The van der Waals surface area contributed by atoms with Crippen LogP contribution in [0.1, 0.15) is 43.4 Å². The Morgan fingerprint density at radius 2 is 2.04 bits per heavy atom. The van der Waals surface area contributed by atoms with Crippen LogP contribution in [-0.2, 0) is 0 Å². The molecule has 1 aliphatic heterocycles. The number of hydrogen-bond acceptors (Lipinski definition) is 5. The molecule has 3 atom stereocenters. The first-order valence-electron chi connectivity index (χ1n) is 8.72. The monoisotopic (exact) mass is 324 g/mol. The van der Waals surface area contributed by atoms with Crippen LogP contribution in [0.5, 0.6) is 0 Å². The maximum Gasteiger partial charge on any atom is 0.134 e. The Morgan fingerprint density at radius 1 is 1.25 bits per heavy atom. The summed E-state index contributed by atoms with van der Waals surface area (Å²) in [6, 6.07) is 11.2. The minimum absolute atomic E-state index is 0.00325. The molecule has 5 nitrogen and oxygen atoms in total. The quantitative estimate of drug-likeness (QED) is 0.885. The van der Waals surface area contributed by atoms with E-state index in [1.54, 1.807) is 6.33 Å². The molecule has 0 saturated carbocycles. The van der Waals surface area contributed by atoms with Crippen molar-refractivity contribution in [1.29, 1.82) is 0 Å². The molecule has 2 heterocycles. The third kappa shape index (κ3) is 2.53. The summed E-state index contributed by atoms with van der Waals surface area (Å²) < 4.78 is 0. The number of fused-ring (bicyclic) bond motifs is 5. The first kappa shape index (κ1) is 15.4. The molecule has 0 amide bonds. The molecule has 2 bridgehead atoms. The van der Waals surface area contributed by atoms with Crippen molar-refractivity contribution in [2.24, 2.45) is 5.92 Å². The van der Waals surface area contributed by atoms with E-state index >= 15 is 0 Å². The van der Waals surface area contributed by atoms with Crippen LogP contribution in [0, 0.1) is 5.92 Å². The molecular weight excluding hydrogens is 300 g/mol. The highest BCUT2D eigenvalue weighted by atomic mass is 16.3. The number of hydrogen-bond donors (Lipinski definition) is 2. The highest BCUT2D eigenvalue weighted by molar-refractivity contribution is 5.56. The van der Waals surface area contributed by atoms with Crippen LogP contribution >= 0.6 is 0 Å². The van der Waals surface area contributed by atoms with Gasteiger partial charge in [0.15, 0.2) is 0 Å². The number of aliphatic hydroxyl groups excluding tert-OH is 1. The van der Waals surface area contributed by atoms with Gasteiger partial charge >= 0.3 is 0 Å². The van der Waals surface area contributed by atoms with Gasteiger partial charge in [0.2, 0.25) is 0 Å². The Balaban J connectivity index is 1.57. The normalized spacial score (nSPS) is 22.8. The van der Waals surface area contributed by atoms with E-state index in [1.165, 1.54) is 17.5 Å². The Kier molecular flexibility index (Phi) is 3.88. The van der Waals surface area contributed by atoms with Crippen molar-refractivity contribution in [3.05, 3.63) is 47.8 Å². The van der Waals surface area contributed by atoms with Gasteiger partial charge in [0.1, 0.15) is 18.0 Å². The molecule has 24 heavy (non-hydrogen) atoms. The lowest BCUT2D eigenvalue weighted by atomic mass is 9.99. The van der Waals surface area contributed by atoms with E-state index in [9.17, 15) is 5.11 Å². The lowest BCUT2D eigenvalue weighted by Gasteiger charge is -2.30. The molecule has 2 aromatic rings. The Hall–Kier alpha value is -2.14. The van der Waals surface area contributed by atoms with Gasteiger partial charge in [-0.1, -0.05) is 38.1 Å². The zero-order valence-electron chi connectivity index (χ0n) is 14.2. The van der Waals surface area contributed by atoms with Crippen molar-refractivity contribution >= 4 is 11.6 Å². The average Bonchev–Trinajstić information content (AvgIpc) is 3.19. The minimum Gasteiger partial charge on any atom is -0.394 e. The number of nitrogens with zero attached hydrogens (tertiary/aromatic N) is 3. The van der Waals surface area contributed by atoms with Gasteiger partial charge in [-0.2, -0.15) is 0 Å². The second-order valence-corrected chi connectivity index (χ2v) is 7.17. The number of rotatable bonds is 5. The summed E-state index contributed by atoms with van der Waals surface area (Å²) in [5.41, 5.74) is 2.95. The summed E-state index contributed by atoms with van der Waals surface area (Å²) in [6.07, 6.45) is 2.79. The van der Waals surface area contributed by atoms with E-state index in [-0.39, 0.29) is 12.6 Å². The second kappa shape index (κ2) is 6.06. The number of nitrogens with one attached hydrogen (secondary N) is 1. The molecule has 0 spiro atoms. The van der Waals surface area contributed by atoms with Gasteiger partial charge < -0.3 is 15.3 Å². The predicted octanol–water partition coefficient (Wildman–Crippen LogP) is 2.95. The van der Waals surface area contributed by atoms with Crippen molar-refractivity contribution < 1.29 is 5.11 Å². The molecule has 1 saturated heterocycles. The number of benzene rings is 1. The summed E-state index contributed by atoms with van der Waals surface area (Å²) >= 11 is 0. The standard InChI is InChI=1S/C19H24N4O/c1-12(2)16(10-24)22-18-8-19(21-11-20-18)23-9-13-7-17(23)15-6-4-3-5-14(13)15/h3-6,8,11-13,16-17,24H,7,9-10H2,1-2H3,(H,20,21,22)/t13-,16+,17+/m1/s1. The molecule has 2 aliphatic rings. The van der Waals surface area contributed by atoms with Crippen molar-refractivity contribution in [3.8, 4) is 0 Å². The fourth-order valence-corrected chi connectivity index (χ4v) is 3.99. The van der Waals surface area contributed by atoms with E-state index in [0.29, 0.717) is 17.9 Å². The fourth-order valence-electron chi connectivity index (χ4n) is 3.99. The van der Waals surface area contributed by atoms with Crippen LogP contribution in [-0.4, -0.2) is 34.3 Å². The van der Waals surface area contributed by atoms with Crippen molar-refractivity contribution in [2.45, 2.75) is 38.3 Å². The van der Waals surface area contributed by atoms with Crippen molar-refractivity contribution in [1.82, 2.24) is 9.97 Å².